The summed E-state index contributed by atoms with van der Waals surface area (Å²) in [4.78, 5) is 131. The van der Waals surface area contributed by atoms with Crippen LogP contribution < -0.4 is 21.3 Å². The number of pyridine rings is 8. The molecule has 19 heterocycles. The Balaban J connectivity index is 0.000000119. The smallest absolute Gasteiger partial charge is 0.273 e. The molecule has 0 spiro atoms. The molecular formula is C94H96F4N24O4. The average Bonchev–Trinajstić information content (AvgIpc) is 0.960. The van der Waals surface area contributed by atoms with Gasteiger partial charge in [0.15, 0.2) is 40.7 Å². The van der Waals surface area contributed by atoms with Crippen molar-refractivity contribution in [2.75, 3.05) is 47.4 Å². The summed E-state index contributed by atoms with van der Waals surface area (Å²) in [7, 11) is 0. The molecule has 11 aliphatic rings. The van der Waals surface area contributed by atoms with E-state index in [0.717, 1.165) is 171 Å². The van der Waals surface area contributed by atoms with Crippen molar-refractivity contribution < 1.29 is 36.7 Å². The normalized spacial score (nSPS) is 22.2. The zero-order valence-electron chi connectivity index (χ0n) is 70.9. The maximum Gasteiger partial charge on any atom is 0.273 e. The minimum absolute atomic E-state index is 0.0484. The van der Waals surface area contributed by atoms with Crippen molar-refractivity contribution in [3.8, 4) is 45.7 Å². The van der Waals surface area contributed by atoms with Crippen LogP contribution in [0, 0.1) is 95.4 Å². The number of amides is 4. The second-order valence-corrected chi connectivity index (χ2v) is 34.2. The van der Waals surface area contributed by atoms with E-state index in [-0.39, 0.29) is 89.2 Å². The first-order chi connectivity index (χ1) is 61.0. The van der Waals surface area contributed by atoms with E-state index in [1.54, 1.807) is 49.1 Å². The van der Waals surface area contributed by atoms with Crippen LogP contribution in [0.25, 0.3) is 45.7 Å². The number of likely N-dealkylation sites (tertiary alicyclic amines) is 1. The topological polar surface area (TPSA) is 336 Å². The third kappa shape index (κ3) is 18.9. The molecule has 4 N–H and O–H groups in total. The fourth-order valence-electron chi connectivity index (χ4n) is 19.0. The summed E-state index contributed by atoms with van der Waals surface area (Å²) >= 11 is 0. The summed E-state index contributed by atoms with van der Waals surface area (Å²) in [6.45, 7) is 16.4. The SMILES string of the molecule is Cc1ccc(NC2CC3CCC2N(C(=O)c2ccc(C)nc2-c2ncc(F)cn2)C3)nc1.Cc1ccc(NC2CC3CCC2N(C(=O)c2nc(C)ccc2-c2ncc(F)cn2)C3)nc1.Cc1ccc(NC2CC3CCC2N(C(=O)c2ncc(C)cc2-c2ncc(F)cn2)C3)nc1.Cc1cnc(NC2CC3CC2N(C(=O)c2cccnc2-c2ncccc2F)C3)cn1. The van der Waals surface area contributed by atoms with E-state index in [2.05, 4.69) is 101 Å². The first-order valence-electron chi connectivity index (χ1n) is 42.8. The number of piperidine rings is 7. The molecule has 32 heteroatoms. The van der Waals surface area contributed by atoms with Crippen molar-refractivity contribution in [2.24, 2.45) is 23.7 Å². The second-order valence-electron chi connectivity index (χ2n) is 34.2. The van der Waals surface area contributed by atoms with Crippen LogP contribution in [0.1, 0.15) is 152 Å². The van der Waals surface area contributed by atoms with Crippen molar-refractivity contribution in [1.29, 1.82) is 0 Å². The van der Waals surface area contributed by atoms with Gasteiger partial charge in [0.25, 0.3) is 23.6 Å². The number of anilines is 4. The molecule has 4 saturated carbocycles. The van der Waals surface area contributed by atoms with Gasteiger partial charge >= 0.3 is 0 Å². The van der Waals surface area contributed by atoms with Crippen LogP contribution >= 0.6 is 0 Å². The van der Waals surface area contributed by atoms with E-state index >= 15 is 0 Å². The molecule has 12 unspecified atom stereocenters. The Morgan fingerprint density at radius 3 is 1.23 bits per heavy atom. The van der Waals surface area contributed by atoms with Crippen LogP contribution in [-0.2, 0) is 0 Å². The molecule has 4 amide bonds. The lowest BCUT2D eigenvalue weighted by atomic mass is 9.76. The third-order valence-electron chi connectivity index (χ3n) is 25.0. The molecule has 7 aliphatic heterocycles. The number of aromatic nitrogens is 16. The first kappa shape index (κ1) is 84.5. The van der Waals surface area contributed by atoms with E-state index in [9.17, 15) is 36.7 Å². The van der Waals surface area contributed by atoms with Crippen LogP contribution in [-0.4, -0.2) is 197 Å². The predicted molar refractivity (Wildman–Crippen MR) is 465 cm³/mol. The maximum absolute atomic E-state index is 14.3. The van der Waals surface area contributed by atoms with Gasteiger partial charge in [0.05, 0.1) is 102 Å². The minimum Gasteiger partial charge on any atom is -0.365 e. The number of rotatable bonds is 16. The molecule has 0 aromatic carbocycles. The number of fused-ring (bicyclic) bond motifs is 11. The highest BCUT2D eigenvalue weighted by atomic mass is 19.1. The summed E-state index contributed by atoms with van der Waals surface area (Å²) in [5.74, 6) is 3.23. The Hall–Kier alpha value is -13.7. The molecule has 12 aromatic rings. The fraction of sp³-hybridized carbons (Fsp3) is 0.362. The van der Waals surface area contributed by atoms with E-state index in [4.69, 9.17) is 0 Å². The molecular weight excluding hydrogens is 1610 g/mol. The molecule has 7 saturated heterocycles. The summed E-state index contributed by atoms with van der Waals surface area (Å²) in [6.07, 6.45) is 31.5. The lowest BCUT2D eigenvalue weighted by Crippen LogP contribution is -2.60. The molecule has 4 aliphatic carbocycles. The number of carbonyl (C=O) groups is 4. The Kier molecular flexibility index (Phi) is 24.8. The van der Waals surface area contributed by atoms with Gasteiger partial charge in [0, 0.05) is 98.9 Å². The van der Waals surface area contributed by atoms with Gasteiger partial charge in [-0.25, -0.2) is 77.4 Å². The van der Waals surface area contributed by atoms with Gasteiger partial charge in [-0.2, -0.15) is 0 Å². The van der Waals surface area contributed by atoms with Crippen molar-refractivity contribution in [3.05, 3.63) is 263 Å². The molecule has 644 valence electrons. The van der Waals surface area contributed by atoms with Crippen LogP contribution in [0.3, 0.4) is 0 Å². The molecule has 28 nitrogen and oxygen atoms in total. The first-order valence-corrected chi connectivity index (χ1v) is 42.8. The Morgan fingerprint density at radius 1 is 0.317 bits per heavy atom. The van der Waals surface area contributed by atoms with Gasteiger partial charge in [-0.15, -0.1) is 0 Å². The van der Waals surface area contributed by atoms with Gasteiger partial charge in [0.2, 0.25) is 0 Å². The summed E-state index contributed by atoms with van der Waals surface area (Å²) in [5.41, 5.74) is 9.80. The molecule has 12 aromatic heterocycles. The number of hydrogen-bond acceptors (Lipinski definition) is 24. The summed E-state index contributed by atoms with van der Waals surface area (Å²) < 4.78 is 54.4. The van der Waals surface area contributed by atoms with E-state index in [0.29, 0.717) is 100 Å². The maximum atomic E-state index is 14.3. The summed E-state index contributed by atoms with van der Waals surface area (Å²) in [5, 5.41) is 14.1. The monoisotopic (exact) mass is 1700 g/mol. The highest BCUT2D eigenvalue weighted by Crippen LogP contribution is 2.44. The zero-order chi connectivity index (χ0) is 87.4. The van der Waals surface area contributed by atoms with Crippen molar-refractivity contribution >= 4 is 46.9 Å². The van der Waals surface area contributed by atoms with Gasteiger partial charge in [0.1, 0.15) is 51.7 Å². The van der Waals surface area contributed by atoms with Crippen molar-refractivity contribution in [2.45, 2.75) is 167 Å². The highest BCUT2D eigenvalue weighted by Gasteiger charge is 2.50. The standard InChI is InChI=1S/3C24H25FN6O.C22H21FN6O/c1-14-3-8-21(26-10-14)30-19-9-16-5-7-20(19)31(13-16)24(32)18-6-4-15(2)29-22(18)23-27-11-17(25)12-28-23;1-14-3-8-21(26-10-14)30-19-9-16-5-7-20(19)31(13-16)24(32)22-18(6-4-15(2)29-22)23-27-11-17(25)12-28-23;1-14-3-6-21(26-9-14)30-19-8-16-4-5-20(19)31(13-16)24(32)22-18(7-15(2)10-27-22)23-28-11-17(25)12-29-23;1-13-10-27-19(11-26-13)28-17-8-14-9-18(17)29(12-14)22(30)15-4-2-6-24-20(15)21-16(23)5-3-7-25-21/h2*3-4,6,8,10-12,16,19-20H,5,7,9,13H2,1-2H3,(H,26,30);3,6-7,9-12,16,19-20H,4-5,8,13H2,1-2H3,(H,26,30);2-7,10-11,14,17-18H,8-9,12H2,1H3,(H,27,28). The van der Waals surface area contributed by atoms with Crippen LogP contribution in [0.2, 0.25) is 0 Å². The van der Waals surface area contributed by atoms with Crippen LogP contribution in [0.4, 0.5) is 40.8 Å². The number of hydrogen-bond donors (Lipinski definition) is 4. The van der Waals surface area contributed by atoms with Gasteiger partial charge in [-0.3, -0.25) is 39.1 Å². The molecule has 23 rings (SSSR count). The van der Waals surface area contributed by atoms with Crippen molar-refractivity contribution in [1.82, 2.24) is 99.3 Å². The fourth-order valence-corrected chi connectivity index (χ4v) is 19.0. The number of carbonyl (C=O) groups excluding carboxylic acids is 4. The Bertz CT molecular complexity index is 5750. The largest absolute Gasteiger partial charge is 0.365 e. The molecule has 126 heavy (non-hydrogen) atoms. The Labute approximate surface area is 726 Å². The van der Waals surface area contributed by atoms with Crippen LogP contribution in [0.5, 0.6) is 0 Å². The lowest BCUT2D eigenvalue weighted by Gasteiger charge is -2.50. The van der Waals surface area contributed by atoms with E-state index in [1.165, 1.54) is 18.3 Å². The van der Waals surface area contributed by atoms with E-state index in [1.807, 2.05) is 141 Å². The average molecular weight is 1700 g/mol. The highest BCUT2D eigenvalue weighted by molar-refractivity contribution is 6.02. The number of aryl methyl sites for hydroxylation is 7. The zero-order valence-corrected chi connectivity index (χ0v) is 70.9. The minimum atomic E-state index is -0.527. The lowest BCUT2D eigenvalue weighted by molar-refractivity contribution is 0.0273. The van der Waals surface area contributed by atoms with Gasteiger partial charge in [-0.1, -0.05) is 18.2 Å². The van der Waals surface area contributed by atoms with Gasteiger partial charge < -0.3 is 40.9 Å². The molecule has 11 fully saturated rings. The third-order valence-corrected chi connectivity index (χ3v) is 25.0. The number of nitrogens with zero attached hydrogens (tertiary/aromatic N) is 20. The number of nitrogens with one attached hydrogen (secondary N) is 4. The molecule has 12 atom stereocenters. The van der Waals surface area contributed by atoms with Crippen molar-refractivity contribution in [3.63, 3.8) is 0 Å². The predicted octanol–water partition coefficient (Wildman–Crippen LogP) is 14.5. The Morgan fingerprint density at radius 2 is 0.738 bits per heavy atom. The van der Waals surface area contributed by atoms with Gasteiger partial charge in [-0.05, 0) is 238 Å². The molecule has 8 bridgehead atoms. The van der Waals surface area contributed by atoms with Crippen LogP contribution in [0.15, 0.2) is 178 Å². The quantitative estimate of drug-likeness (QED) is 0.0653. The van der Waals surface area contributed by atoms with E-state index < -0.39 is 23.3 Å². The molecule has 0 radical (unpaired) electrons. The number of halogens is 4. The second kappa shape index (κ2) is 37.0. The summed E-state index contributed by atoms with van der Waals surface area (Å²) in [6, 6.07) is 28.1.